The highest BCUT2D eigenvalue weighted by atomic mass is 16.4. The molecule has 0 saturated carbocycles. The Morgan fingerprint density at radius 2 is 2.00 bits per heavy atom. The van der Waals surface area contributed by atoms with E-state index >= 15 is 0 Å². The van der Waals surface area contributed by atoms with E-state index in [1.165, 1.54) is 25.1 Å². The van der Waals surface area contributed by atoms with E-state index in [-0.39, 0.29) is 35.7 Å². The Kier molecular flexibility index (Phi) is 5.48. The van der Waals surface area contributed by atoms with Gasteiger partial charge in [0, 0.05) is 19.2 Å². The molecule has 110 valence electrons. The van der Waals surface area contributed by atoms with E-state index < -0.39 is 18.2 Å². The number of aromatic carboxylic acids is 1. The van der Waals surface area contributed by atoms with E-state index in [2.05, 4.69) is 5.32 Å². The van der Waals surface area contributed by atoms with Crippen LogP contribution in [0.25, 0.3) is 0 Å². The Balaban J connectivity index is 2.83. The van der Waals surface area contributed by atoms with E-state index in [0.717, 1.165) is 0 Å². The van der Waals surface area contributed by atoms with Crippen LogP contribution >= 0.6 is 0 Å². The molecule has 0 bridgehead atoms. The fourth-order valence-corrected chi connectivity index (χ4v) is 1.78. The van der Waals surface area contributed by atoms with Crippen LogP contribution in [0.4, 0.5) is 5.69 Å². The lowest BCUT2D eigenvalue weighted by Crippen LogP contribution is -2.28. The molecule has 0 aliphatic rings. The maximum absolute atomic E-state index is 11.1. The fraction of sp³-hybridized carbons (Fsp3) is 0.385. The Morgan fingerprint density at radius 1 is 1.35 bits per heavy atom. The van der Waals surface area contributed by atoms with Gasteiger partial charge in [-0.15, -0.1) is 0 Å². The van der Waals surface area contributed by atoms with Gasteiger partial charge in [0.05, 0.1) is 11.7 Å². The summed E-state index contributed by atoms with van der Waals surface area (Å²) in [6.07, 6.45) is -2.46. The first kappa shape index (κ1) is 15.9. The molecule has 0 spiro atoms. The molecule has 0 fully saturated rings. The molecule has 2 unspecified atom stereocenters. The maximum atomic E-state index is 11.1. The van der Waals surface area contributed by atoms with Crippen LogP contribution in [0.15, 0.2) is 18.2 Å². The summed E-state index contributed by atoms with van der Waals surface area (Å²) in [7, 11) is 0. The van der Waals surface area contributed by atoms with E-state index in [9.17, 15) is 19.8 Å². The van der Waals surface area contributed by atoms with Gasteiger partial charge in [-0.1, -0.05) is 6.07 Å². The highest BCUT2D eigenvalue weighted by molar-refractivity contribution is 5.90. The predicted octanol–water partition coefficient (Wildman–Crippen LogP) is -0.113. The lowest BCUT2D eigenvalue weighted by molar-refractivity contribution is -0.119. The number of aliphatic hydroxyl groups excluding tert-OH is 2. The largest absolute Gasteiger partial charge is 0.478 e. The zero-order valence-corrected chi connectivity index (χ0v) is 11.0. The number of anilines is 1. The molecule has 0 aliphatic heterocycles. The first-order valence-electron chi connectivity index (χ1n) is 6.06. The van der Waals surface area contributed by atoms with Crippen LogP contribution in [0, 0.1) is 0 Å². The molecule has 1 aromatic rings. The predicted molar refractivity (Wildman–Crippen MR) is 72.1 cm³/mol. The third kappa shape index (κ3) is 4.22. The Hall–Kier alpha value is -2.12. The van der Waals surface area contributed by atoms with E-state index in [1.807, 2.05) is 0 Å². The number of hydrogen-bond acceptors (Lipinski definition) is 5. The van der Waals surface area contributed by atoms with Crippen molar-refractivity contribution in [2.75, 3.05) is 12.3 Å². The summed E-state index contributed by atoms with van der Waals surface area (Å²) < 4.78 is 0. The average Bonchev–Trinajstić information content (AvgIpc) is 2.37. The molecule has 0 aromatic heterocycles. The average molecular weight is 282 g/mol. The molecular weight excluding hydrogens is 264 g/mol. The normalized spacial score (nSPS) is 13.6. The maximum Gasteiger partial charge on any atom is 0.336 e. The van der Waals surface area contributed by atoms with Crippen molar-refractivity contribution in [1.29, 1.82) is 0 Å². The minimum atomic E-state index is -1.37. The third-order valence-electron chi connectivity index (χ3n) is 2.80. The lowest BCUT2D eigenvalue weighted by Gasteiger charge is -2.20. The van der Waals surface area contributed by atoms with Crippen molar-refractivity contribution in [3.63, 3.8) is 0 Å². The van der Waals surface area contributed by atoms with Crippen molar-refractivity contribution >= 4 is 17.6 Å². The fourth-order valence-electron chi connectivity index (χ4n) is 1.78. The molecule has 0 radical (unpaired) electrons. The molecule has 0 saturated heterocycles. The number of carboxylic acid groups (broad SMARTS) is 1. The second-order valence-electron chi connectivity index (χ2n) is 4.44. The third-order valence-corrected chi connectivity index (χ3v) is 2.80. The summed E-state index contributed by atoms with van der Waals surface area (Å²) in [6, 6.07) is 4.04. The van der Waals surface area contributed by atoms with Gasteiger partial charge in [-0.05, 0) is 24.1 Å². The molecule has 7 heteroatoms. The van der Waals surface area contributed by atoms with Crippen molar-refractivity contribution < 1.29 is 24.9 Å². The van der Waals surface area contributed by atoms with E-state index in [4.69, 9.17) is 10.8 Å². The van der Waals surface area contributed by atoms with Crippen LogP contribution in [0.1, 0.15) is 35.4 Å². The zero-order valence-electron chi connectivity index (χ0n) is 11.0. The van der Waals surface area contributed by atoms with Gasteiger partial charge >= 0.3 is 5.97 Å². The number of nitrogens with one attached hydrogen (secondary N) is 1. The zero-order chi connectivity index (χ0) is 15.3. The summed E-state index contributed by atoms with van der Waals surface area (Å²) >= 11 is 0. The molecule has 1 amide bonds. The molecule has 0 heterocycles. The molecule has 1 rings (SSSR count). The van der Waals surface area contributed by atoms with Gasteiger partial charge in [0.2, 0.25) is 5.91 Å². The van der Waals surface area contributed by atoms with Gasteiger partial charge in [0.15, 0.2) is 0 Å². The quantitative estimate of drug-likeness (QED) is 0.462. The number of nitrogen functional groups attached to an aromatic ring is 1. The van der Waals surface area contributed by atoms with Crippen molar-refractivity contribution in [2.24, 2.45) is 0 Å². The van der Waals surface area contributed by atoms with Gasteiger partial charge in [-0.3, -0.25) is 4.79 Å². The number of aliphatic hydroxyl groups is 2. The van der Waals surface area contributed by atoms with Gasteiger partial charge in [0.25, 0.3) is 0 Å². The van der Waals surface area contributed by atoms with Crippen molar-refractivity contribution in [1.82, 2.24) is 5.32 Å². The molecule has 2 atom stereocenters. The summed E-state index contributed by atoms with van der Waals surface area (Å²) in [4.78, 5) is 21.8. The van der Waals surface area contributed by atoms with Crippen LogP contribution in [-0.4, -0.2) is 39.8 Å². The van der Waals surface area contributed by atoms with Crippen molar-refractivity contribution in [2.45, 2.75) is 25.6 Å². The Morgan fingerprint density at radius 3 is 2.55 bits per heavy atom. The molecule has 1 aromatic carbocycles. The number of carbonyl (C=O) groups excluding carboxylic acids is 1. The van der Waals surface area contributed by atoms with Gasteiger partial charge in [0.1, 0.15) is 6.10 Å². The molecule has 20 heavy (non-hydrogen) atoms. The van der Waals surface area contributed by atoms with Gasteiger partial charge < -0.3 is 26.4 Å². The highest BCUT2D eigenvalue weighted by Gasteiger charge is 2.23. The monoisotopic (exact) mass is 282 g/mol. The number of nitrogens with two attached hydrogens (primary N) is 1. The van der Waals surface area contributed by atoms with Gasteiger partial charge in [-0.2, -0.15) is 0 Å². The van der Waals surface area contributed by atoms with Crippen LogP contribution in [-0.2, 0) is 4.79 Å². The summed E-state index contributed by atoms with van der Waals surface area (Å²) in [5.41, 5.74) is 5.68. The van der Waals surface area contributed by atoms with Crippen molar-refractivity contribution in [3.8, 4) is 0 Å². The standard InChI is InChI=1S/C13H18N2O5/c1-7(16)15-5-4-11(17)12(18)9-3-2-8(14)6-10(9)13(19)20/h2-3,6,11-12,17-18H,4-5,14H2,1H3,(H,15,16)(H,19,20). The summed E-state index contributed by atoms with van der Waals surface area (Å²) in [5, 5.41) is 31.4. The van der Waals surface area contributed by atoms with Crippen LogP contribution in [0.5, 0.6) is 0 Å². The molecule has 7 nitrogen and oxygen atoms in total. The van der Waals surface area contributed by atoms with Gasteiger partial charge in [-0.25, -0.2) is 4.79 Å². The number of benzene rings is 1. The Bertz CT molecular complexity index is 504. The lowest BCUT2D eigenvalue weighted by atomic mass is 9.96. The highest BCUT2D eigenvalue weighted by Crippen LogP contribution is 2.24. The number of carbonyl (C=O) groups is 2. The molecule has 6 N–H and O–H groups in total. The minimum Gasteiger partial charge on any atom is -0.478 e. The number of hydrogen-bond donors (Lipinski definition) is 5. The molecular formula is C13H18N2O5. The second kappa shape index (κ2) is 6.88. The van der Waals surface area contributed by atoms with E-state index in [0.29, 0.717) is 0 Å². The van der Waals surface area contributed by atoms with Crippen LogP contribution in [0.3, 0.4) is 0 Å². The van der Waals surface area contributed by atoms with E-state index in [1.54, 1.807) is 0 Å². The second-order valence-corrected chi connectivity index (χ2v) is 4.44. The summed E-state index contributed by atoms with van der Waals surface area (Å²) in [5.74, 6) is -1.48. The minimum absolute atomic E-state index is 0.0852. The van der Waals surface area contributed by atoms with Crippen LogP contribution < -0.4 is 11.1 Å². The van der Waals surface area contributed by atoms with Crippen molar-refractivity contribution in [3.05, 3.63) is 29.3 Å². The Labute approximate surface area is 116 Å². The summed E-state index contributed by atoms with van der Waals surface area (Å²) in [6.45, 7) is 1.52. The number of rotatable bonds is 6. The topological polar surface area (TPSA) is 133 Å². The smallest absolute Gasteiger partial charge is 0.336 e. The number of carboxylic acids is 1. The first-order valence-corrected chi connectivity index (χ1v) is 6.06. The number of amides is 1. The first-order chi connectivity index (χ1) is 9.32. The SMILES string of the molecule is CC(=O)NCCC(O)C(O)c1ccc(N)cc1C(=O)O. The molecule has 0 aliphatic carbocycles. The van der Waals surface area contributed by atoms with Crippen LogP contribution in [0.2, 0.25) is 0 Å².